The fraction of sp³-hybridized carbons (Fsp3) is 0.222. The molecule has 0 aliphatic rings. The number of aromatic nitrogens is 2. The Balaban J connectivity index is 2.70. The van der Waals surface area contributed by atoms with Gasteiger partial charge in [0.1, 0.15) is 5.75 Å². The van der Waals surface area contributed by atoms with Gasteiger partial charge < -0.3 is 9.72 Å². The third kappa shape index (κ3) is 1.35. The summed E-state index contributed by atoms with van der Waals surface area (Å²) in [5, 5.41) is 0. The monoisotopic (exact) mass is 196 g/mol. The molecule has 0 saturated carbocycles. The molecule has 0 radical (unpaired) electrons. The van der Waals surface area contributed by atoms with Crippen LogP contribution in [-0.2, 0) is 5.88 Å². The van der Waals surface area contributed by atoms with E-state index in [0.29, 0.717) is 5.88 Å². The van der Waals surface area contributed by atoms with Crippen LogP contribution in [0.1, 0.15) is 5.56 Å². The van der Waals surface area contributed by atoms with Gasteiger partial charge >= 0.3 is 0 Å². The predicted octanol–water partition coefficient (Wildman–Crippen LogP) is 2.31. The van der Waals surface area contributed by atoms with Crippen LogP contribution in [0.4, 0.5) is 0 Å². The lowest BCUT2D eigenvalue weighted by atomic mass is 10.2. The van der Waals surface area contributed by atoms with Crippen molar-refractivity contribution in [1.82, 2.24) is 9.97 Å². The van der Waals surface area contributed by atoms with Gasteiger partial charge in [-0.3, -0.25) is 0 Å². The molecule has 2 aromatic rings. The number of aromatic amines is 1. The third-order valence-corrected chi connectivity index (χ3v) is 2.24. The number of hydrogen-bond acceptors (Lipinski definition) is 2. The highest BCUT2D eigenvalue weighted by Gasteiger charge is 2.05. The molecule has 0 aliphatic carbocycles. The van der Waals surface area contributed by atoms with Gasteiger partial charge in [0.25, 0.3) is 0 Å². The highest BCUT2D eigenvalue weighted by atomic mass is 35.5. The van der Waals surface area contributed by atoms with E-state index in [1.807, 2.05) is 12.1 Å². The SMILES string of the molecule is COc1cc(CCl)c2nc[nH]c2c1. The minimum atomic E-state index is 0.443. The van der Waals surface area contributed by atoms with Gasteiger partial charge in [-0.2, -0.15) is 0 Å². The average molecular weight is 197 g/mol. The van der Waals surface area contributed by atoms with Crippen molar-refractivity contribution in [2.75, 3.05) is 7.11 Å². The Labute approximate surface area is 80.7 Å². The summed E-state index contributed by atoms with van der Waals surface area (Å²) in [4.78, 5) is 7.19. The molecule has 2 rings (SSSR count). The molecular weight excluding hydrogens is 188 g/mol. The zero-order valence-electron chi connectivity index (χ0n) is 7.17. The van der Waals surface area contributed by atoms with Crippen LogP contribution < -0.4 is 4.74 Å². The van der Waals surface area contributed by atoms with Crippen LogP contribution in [0.3, 0.4) is 0 Å². The van der Waals surface area contributed by atoms with Crippen molar-refractivity contribution in [3.63, 3.8) is 0 Å². The second-order valence-electron chi connectivity index (χ2n) is 2.72. The van der Waals surface area contributed by atoms with Gasteiger partial charge in [-0.25, -0.2) is 4.98 Å². The number of benzene rings is 1. The van der Waals surface area contributed by atoms with E-state index in [0.717, 1.165) is 22.3 Å². The minimum Gasteiger partial charge on any atom is -0.497 e. The van der Waals surface area contributed by atoms with E-state index >= 15 is 0 Å². The maximum atomic E-state index is 5.78. The van der Waals surface area contributed by atoms with E-state index in [-0.39, 0.29) is 0 Å². The molecule has 4 heteroatoms. The van der Waals surface area contributed by atoms with E-state index in [4.69, 9.17) is 16.3 Å². The quantitative estimate of drug-likeness (QED) is 0.749. The summed E-state index contributed by atoms with van der Waals surface area (Å²) in [6.07, 6.45) is 1.65. The second-order valence-corrected chi connectivity index (χ2v) is 2.99. The van der Waals surface area contributed by atoms with E-state index in [9.17, 15) is 0 Å². The molecule has 0 saturated heterocycles. The standard InChI is InChI=1S/C9H9ClN2O/c1-13-7-2-6(4-10)9-8(3-7)11-5-12-9/h2-3,5H,4H2,1H3,(H,11,12). The molecule has 13 heavy (non-hydrogen) atoms. The van der Waals surface area contributed by atoms with E-state index in [1.165, 1.54) is 0 Å². The Morgan fingerprint density at radius 1 is 1.54 bits per heavy atom. The zero-order valence-corrected chi connectivity index (χ0v) is 7.93. The second kappa shape index (κ2) is 3.26. The lowest BCUT2D eigenvalue weighted by Crippen LogP contribution is -1.87. The van der Waals surface area contributed by atoms with Gasteiger partial charge in [-0.05, 0) is 11.6 Å². The number of halogens is 1. The molecule has 0 fully saturated rings. The minimum absolute atomic E-state index is 0.443. The molecule has 0 bridgehead atoms. The number of fused-ring (bicyclic) bond motifs is 1. The first kappa shape index (κ1) is 8.38. The van der Waals surface area contributed by atoms with Gasteiger partial charge in [0.15, 0.2) is 0 Å². The highest BCUT2D eigenvalue weighted by Crippen LogP contribution is 2.23. The summed E-state index contributed by atoms with van der Waals surface area (Å²) in [6.45, 7) is 0. The normalized spacial score (nSPS) is 10.6. The Kier molecular flexibility index (Phi) is 2.10. The molecule has 0 amide bonds. The molecular formula is C9H9ClN2O. The Morgan fingerprint density at radius 2 is 2.38 bits per heavy atom. The Bertz CT molecular complexity index is 424. The predicted molar refractivity (Wildman–Crippen MR) is 52.2 cm³/mol. The first-order chi connectivity index (χ1) is 6.35. The number of ether oxygens (including phenoxy) is 1. The molecule has 68 valence electrons. The highest BCUT2D eigenvalue weighted by molar-refractivity contribution is 6.17. The van der Waals surface area contributed by atoms with Crippen LogP contribution in [0.5, 0.6) is 5.75 Å². The number of nitrogens with zero attached hydrogens (tertiary/aromatic N) is 1. The molecule has 1 heterocycles. The maximum Gasteiger partial charge on any atom is 0.121 e. The molecule has 0 unspecified atom stereocenters. The van der Waals surface area contributed by atoms with Crippen LogP contribution in [0.25, 0.3) is 11.0 Å². The van der Waals surface area contributed by atoms with Gasteiger partial charge in [0, 0.05) is 11.9 Å². The number of imidazole rings is 1. The zero-order chi connectivity index (χ0) is 9.26. The summed E-state index contributed by atoms with van der Waals surface area (Å²) in [5.41, 5.74) is 2.85. The number of nitrogens with one attached hydrogen (secondary N) is 1. The van der Waals surface area contributed by atoms with Gasteiger partial charge in [0.2, 0.25) is 0 Å². The Hall–Kier alpha value is -1.22. The molecule has 0 atom stereocenters. The molecule has 0 aliphatic heterocycles. The fourth-order valence-electron chi connectivity index (χ4n) is 1.31. The third-order valence-electron chi connectivity index (χ3n) is 1.96. The summed E-state index contributed by atoms with van der Waals surface area (Å²) in [7, 11) is 1.63. The van der Waals surface area contributed by atoms with Crippen molar-refractivity contribution >= 4 is 22.6 Å². The van der Waals surface area contributed by atoms with Crippen molar-refractivity contribution in [2.24, 2.45) is 0 Å². The smallest absolute Gasteiger partial charge is 0.121 e. The molecule has 1 aromatic carbocycles. The van der Waals surface area contributed by atoms with Crippen LogP contribution in [0.15, 0.2) is 18.5 Å². The van der Waals surface area contributed by atoms with Crippen LogP contribution in [0.2, 0.25) is 0 Å². The number of alkyl halides is 1. The van der Waals surface area contributed by atoms with Crippen molar-refractivity contribution in [3.8, 4) is 5.75 Å². The number of H-pyrrole nitrogens is 1. The molecule has 1 N–H and O–H groups in total. The van der Waals surface area contributed by atoms with E-state index in [1.54, 1.807) is 13.4 Å². The topological polar surface area (TPSA) is 37.9 Å². The lowest BCUT2D eigenvalue weighted by Gasteiger charge is -2.02. The van der Waals surface area contributed by atoms with E-state index in [2.05, 4.69) is 9.97 Å². The largest absolute Gasteiger partial charge is 0.497 e. The Morgan fingerprint density at radius 3 is 3.08 bits per heavy atom. The maximum absolute atomic E-state index is 5.78. The molecule has 3 nitrogen and oxygen atoms in total. The van der Waals surface area contributed by atoms with Crippen molar-refractivity contribution in [3.05, 3.63) is 24.0 Å². The fourth-order valence-corrected chi connectivity index (χ4v) is 1.52. The van der Waals surface area contributed by atoms with Gasteiger partial charge in [-0.15, -0.1) is 11.6 Å². The summed E-state index contributed by atoms with van der Waals surface area (Å²) in [5.74, 6) is 1.24. The summed E-state index contributed by atoms with van der Waals surface area (Å²) < 4.78 is 5.13. The van der Waals surface area contributed by atoms with Gasteiger partial charge in [0.05, 0.1) is 24.5 Å². The number of methoxy groups -OCH3 is 1. The van der Waals surface area contributed by atoms with Gasteiger partial charge in [-0.1, -0.05) is 0 Å². The first-order valence-corrected chi connectivity index (χ1v) is 4.44. The first-order valence-electron chi connectivity index (χ1n) is 3.91. The van der Waals surface area contributed by atoms with Crippen LogP contribution >= 0.6 is 11.6 Å². The summed E-state index contributed by atoms with van der Waals surface area (Å²) >= 11 is 5.78. The van der Waals surface area contributed by atoms with Crippen molar-refractivity contribution in [1.29, 1.82) is 0 Å². The van der Waals surface area contributed by atoms with Crippen LogP contribution in [0, 0.1) is 0 Å². The molecule has 1 aromatic heterocycles. The van der Waals surface area contributed by atoms with E-state index < -0.39 is 0 Å². The van der Waals surface area contributed by atoms with Crippen molar-refractivity contribution in [2.45, 2.75) is 5.88 Å². The lowest BCUT2D eigenvalue weighted by molar-refractivity contribution is 0.415. The van der Waals surface area contributed by atoms with Crippen LogP contribution in [-0.4, -0.2) is 17.1 Å². The molecule has 0 spiro atoms. The average Bonchev–Trinajstić information content (AvgIpc) is 2.63. The number of hydrogen-bond donors (Lipinski definition) is 1. The number of rotatable bonds is 2. The summed E-state index contributed by atoms with van der Waals surface area (Å²) in [6, 6.07) is 3.80. The van der Waals surface area contributed by atoms with Crippen molar-refractivity contribution < 1.29 is 4.74 Å².